The highest BCUT2D eigenvalue weighted by molar-refractivity contribution is 7.13. The lowest BCUT2D eigenvalue weighted by Gasteiger charge is -1.98. The number of nitrogens with zero attached hydrogens (tertiary/aromatic N) is 1. The van der Waals surface area contributed by atoms with E-state index in [0.717, 1.165) is 23.3 Å². The zero-order valence-corrected chi connectivity index (χ0v) is 8.95. The van der Waals surface area contributed by atoms with Crippen LogP contribution in [0.4, 0.5) is 0 Å². The molecule has 0 aliphatic rings. The standard InChI is InChI=1S/C12H11NOS/c14-8-1-2-10-3-5-11(6-4-10)12-13-7-9-15-12/h1,3-9,14H,2H2/b8-1+. The maximum atomic E-state index is 8.54. The van der Waals surface area contributed by atoms with Crippen molar-refractivity contribution in [3.63, 3.8) is 0 Å². The minimum Gasteiger partial charge on any atom is -0.516 e. The molecule has 1 aromatic carbocycles. The molecule has 2 aromatic rings. The molecule has 1 aromatic heterocycles. The van der Waals surface area contributed by atoms with Crippen molar-refractivity contribution < 1.29 is 5.11 Å². The van der Waals surface area contributed by atoms with E-state index in [2.05, 4.69) is 29.2 Å². The topological polar surface area (TPSA) is 33.1 Å². The van der Waals surface area contributed by atoms with Gasteiger partial charge < -0.3 is 5.11 Å². The van der Waals surface area contributed by atoms with E-state index >= 15 is 0 Å². The number of aromatic nitrogens is 1. The molecule has 0 amide bonds. The second-order valence-corrected chi connectivity index (χ2v) is 4.02. The number of allylic oxidation sites excluding steroid dienone is 1. The third-order valence-corrected chi connectivity index (χ3v) is 2.91. The van der Waals surface area contributed by atoms with Gasteiger partial charge in [0.25, 0.3) is 0 Å². The van der Waals surface area contributed by atoms with Crippen molar-refractivity contribution >= 4 is 11.3 Å². The first-order valence-electron chi connectivity index (χ1n) is 4.68. The molecule has 2 nitrogen and oxygen atoms in total. The van der Waals surface area contributed by atoms with Crippen LogP contribution in [0, 0.1) is 0 Å². The predicted octanol–water partition coefficient (Wildman–Crippen LogP) is 3.42. The third-order valence-electron chi connectivity index (χ3n) is 2.09. The van der Waals surface area contributed by atoms with Gasteiger partial charge in [0.05, 0.1) is 6.26 Å². The van der Waals surface area contributed by atoms with Crippen LogP contribution in [0.15, 0.2) is 48.2 Å². The average Bonchev–Trinajstić information content (AvgIpc) is 2.80. The van der Waals surface area contributed by atoms with Gasteiger partial charge in [-0.3, -0.25) is 0 Å². The SMILES string of the molecule is O/C=C/Cc1ccc(-c2nccs2)cc1. The molecule has 0 saturated heterocycles. The molecule has 1 N–H and O–H groups in total. The highest BCUT2D eigenvalue weighted by Gasteiger charge is 1.99. The Kier molecular flexibility index (Phi) is 3.15. The van der Waals surface area contributed by atoms with Crippen LogP contribution in [0.3, 0.4) is 0 Å². The molecule has 2 rings (SSSR count). The third kappa shape index (κ3) is 2.44. The van der Waals surface area contributed by atoms with Gasteiger partial charge >= 0.3 is 0 Å². The second-order valence-electron chi connectivity index (χ2n) is 3.12. The first-order valence-corrected chi connectivity index (χ1v) is 5.56. The van der Waals surface area contributed by atoms with Gasteiger partial charge in [-0.25, -0.2) is 4.98 Å². The van der Waals surface area contributed by atoms with Crippen LogP contribution < -0.4 is 0 Å². The Morgan fingerprint density at radius 3 is 2.67 bits per heavy atom. The summed E-state index contributed by atoms with van der Waals surface area (Å²) in [6.07, 6.45) is 5.37. The van der Waals surface area contributed by atoms with E-state index in [1.807, 2.05) is 11.6 Å². The Bertz CT molecular complexity index is 431. The minimum absolute atomic E-state index is 0.759. The summed E-state index contributed by atoms with van der Waals surface area (Å²) in [6, 6.07) is 8.21. The van der Waals surface area contributed by atoms with Crippen LogP contribution in [-0.4, -0.2) is 10.1 Å². The van der Waals surface area contributed by atoms with Crippen LogP contribution in [-0.2, 0) is 6.42 Å². The maximum Gasteiger partial charge on any atom is 0.123 e. The van der Waals surface area contributed by atoms with E-state index in [4.69, 9.17) is 5.11 Å². The zero-order valence-electron chi connectivity index (χ0n) is 8.13. The van der Waals surface area contributed by atoms with Crippen molar-refractivity contribution in [3.05, 3.63) is 53.7 Å². The molecular weight excluding hydrogens is 206 g/mol. The van der Waals surface area contributed by atoms with Crippen molar-refractivity contribution in [3.8, 4) is 10.6 Å². The molecular formula is C12H11NOS. The van der Waals surface area contributed by atoms with Gasteiger partial charge in [-0.05, 0) is 18.1 Å². The lowest BCUT2D eigenvalue weighted by atomic mass is 10.1. The van der Waals surface area contributed by atoms with Crippen molar-refractivity contribution in [2.75, 3.05) is 0 Å². The van der Waals surface area contributed by atoms with Crippen molar-refractivity contribution in [1.29, 1.82) is 0 Å². The molecule has 1 heterocycles. The van der Waals surface area contributed by atoms with Crippen LogP contribution >= 0.6 is 11.3 Å². The van der Waals surface area contributed by atoms with Crippen LogP contribution in [0.2, 0.25) is 0 Å². The van der Waals surface area contributed by atoms with Crippen LogP contribution in [0.25, 0.3) is 10.6 Å². The molecule has 0 atom stereocenters. The Morgan fingerprint density at radius 2 is 2.07 bits per heavy atom. The largest absolute Gasteiger partial charge is 0.516 e. The van der Waals surface area contributed by atoms with Crippen molar-refractivity contribution in [1.82, 2.24) is 4.98 Å². The maximum absolute atomic E-state index is 8.54. The van der Waals surface area contributed by atoms with Crippen molar-refractivity contribution in [2.24, 2.45) is 0 Å². The summed E-state index contributed by atoms with van der Waals surface area (Å²) in [5.41, 5.74) is 2.32. The highest BCUT2D eigenvalue weighted by atomic mass is 32.1. The molecule has 0 aliphatic heterocycles. The first kappa shape index (κ1) is 9.93. The molecule has 0 bridgehead atoms. The van der Waals surface area contributed by atoms with Gasteiger partial charge in [0.2, 0.25) is 0 Å². The van der Waals surface area contributed by atoms with Crippen LogP contribution in [0.5, 0.6) is 0 Å². The zero-order chi connectivity index (χ0) is 10.5. The molecule has 0 saturated carbocycles. The number of rotatable bonds is 3. The van der Waals surface area contributed by atoms with E-state index in [1.54, 1.807) is 17.4 Å². The van der Waals surface area contributed by atoms with Gasteiger partial charge in [-0.15, -0.1) is 11.3 Å². The van der Waals surface area contributed by atoms with Crippen LogP contribution in [0.1, 0.15) is 5.56 Å². The number of benzene rings is 1. The lowest BCUT2D eigenvalue weighted by Crippen LogP contribution is -1.81. The summed E-state index contributed by atoms with van der Waals surface area (Å²) in [5, 5.41) is 11.6. The summed E-state index contributed by atoms with van der Waals surface area (Å²) in [4.78, 5) is 4.24. The monoisotopic (exact) mass is 217 g/mol. The number of aliphatic hydroxyl groups excluding tert-OH is 1. The van der Waals surface area contributed by atoms with E-state index in [-0.39, 0.29) is 0 Å². The van der Waals surface area contributed by atoms with Gasteiger partial charge in [0.15, 0.2) is 0 Å². The van der Waals surface area contributed by atoms with E-state index in [9.17, 15) is 0 Å². The normalized spacial score (nSPS) is 10.9. The Morgan fingerprint density at radius 1 is 1.27 bits per heavy atom. The minimum atomic E-state index is 0.759. The number of hydrogen-bond donors (Lipinski definition) is 1. The number of hydrogen-bond acceptors (Lipinski definition) is 3. The predicted molar refractivity (Wildman–Crippen MR) is 63.0 cm³/mol. The quantitative estimate of drug-likeness (QED) is 0.799. The number of thiazole rings is 1. The number of aliphatic hydroxyl groups is 1. The Hall–Kier alpha value is -1.61. The molecule has 76 valence electrons. The summed E-state index contributed by atoms with van der Waals surface area (Å²) in [6.45, 7) is 0. The smallest absolute Gasteiger partial charge is 0.123 e. The summed E-state index contributed by atoms with van der Waals surface area (Å²) >= 11 is 1.63. The lowest BCUT2D eigenvalue weighted by molar-refractivity contribution is 0.471. The van der Waals surface area contributed by atoms with Gasteiger partial charge in [-0.1, -0.05) is 24.3 Å². The molecule has 0 unspecified atom stereocenters. The molecule has 0 radical (unpaired) electrons. The van der Waals surface area contributed by atoms with E-state index in [0.29, 0.717) is 0 Å². The molecule has 0 fully saturated rings. The fourth-order valence-corrected chi connectivity index (χ4v) is 1.98. The molecule has 3 heteroatoms. The van der Waals surface area contributed by atoms with E-state index < -0.39 is 0 Å². The van der Waals surface area contributed by atoms with Gasteiger partial charge in [0.1, 0.15) is 5.01 Å². The average molecular weight is 217 g/mol. The summed E-state index contributed by atoms with van der Waals surface area (Å²) in [5.74, 6) is 0. The molecule has 0 spiro atoms. The van der Waals surface area contributed by atoms with Crippen molar-refractivity contribution in [2.45, 2.75) is 6.42 Å². The second kappa shape index (κ2) is 4.75. The summed E-state index contributed by atoms with van der Waals surface area (Å²) in [7, 11) is 0. The summed E-state index contributed by atoms with van der Waals surface area (Å²) < 4.78 is 0. The molecule has 0 aliphatic carbocycles. The Labute approximate surface area is 92.5 Å². The molecule has 15 heavy (non-hydrogen) atoms. The highest BCUT2D eigenvalue weighted by Crippen LogP contribution is 2.21. The first-order chi connectivity index (χ1) is 7.40. The van der Waals surface area contributed by atoms with Gasteiger partial charge in [-0.2, -0.15) is 0 Å². The van der Waals surface area contributed by atoms with E-state index in [1.165, 1.54) is 5.56 Å². The van der Waals surface area contributed by atoms with Gasteiger partial charge in [0, 0.05) is 17.1 Å². The fourth-order valence-electron chi connectivity index (χ4n) is 1.34. The fraction of sp³-hybridized carbons (Fsp3) is 0.0833. The Balaban J connectivity index is 2.17.